The number of carbonyl (C=O) groups excluding carboxylic acids is 2. The maximum atomic E-state index is 12.5. The van der Waals surface area contributed by atoms with E-state index in [1.165, 1.54) is 26.7 Å². The average molecular weight is 364 g/mol. The lowest BCUT2D eigenvalue weighted by Crippen LogP contribution is -2.38. The quantitative estimate of drug-likeness (QED) is 0.241. The lowest BCUT2D eigenvalue weighted by Gasteiger charge is -2.22. The van der Waals surface area contributed by atoms with Gasteiger partial charge in [-0.25, -0.2) is 0 Å². The van der Waals surface area contributed by atoms with E-state index in [0.29, 0.717) is 18.1 Å². The van der Waals surface area contributed by atoms with Crippen LogP contribution in [-0.4, -0.2) is 24.6 Å². The Morgan fingerprint density at radius 3 is 2.19 bits per heavy atom. The normalized spacial score (nSPS) is 11.3. The Hall–Kier alpha value is -2.04. The summed E-state index contributed by atoms with van der Waals surface area (Å²) in [5.74, 6) is -0.462. The van der Waals surface area contributed by atoms with Crippen LogP contribution in [-0.2, 0) is 14.3 Å². The molecule has 0 fully saturated rings. The molecule has 0 unspecified atom stereocenters. The van der Waals surface area contributed by atoms with E-state index in [9.17, 15) is 9.59 Å². The molecular weight excluding hydrogens is 332 g/mol. The molecule has 0 saturated carbocycles. The van der Waals surface area contributed by atoms with Crippen molar-refractivity contribution in [3.8, 4) is 11.5 Å². The first-order valence-corrected chi connectivity index (χ1v) is 9.44. The summed E-state index contributed by atoms with van der Waals surface area (Å²) in [6, 6.07) is 6.92. The van der Waals surface area contributed by atoms with Gasteiger partial charge in [-0.05, 0) is 46.2 Å². The molecular formula is C21H32O5. The molecule has 0 bridgehead atoms. The molecule has 0 atom stereocenters. The number of para-hydroxylation sites is 2. The third-order valence-corrected chi connectivity index (χ3v) is 3.92. The molecule has 0 spiro atoms. The van der Waals surface area contributed by atoms with Gasteiger partial charge in [0.2, 0.25) is 0 Å². The maximum absolute atomic E-state index is 12.5. The Labute approximate surface area is 157 Å². The highest BCUT2D eigenvalue weighted by molar-refractivity contribution is 6.00. The van der Waals surface area contributed by atoms with Crippen molar-refractivity contribution in [2.75, 3.05) is 6.61 Å². The Morgan fingerprint density at radius 1 is 0.962 bits per heavy atom. The molecule has 0 aliphatic carbocycles. The smallest absolute Gasteiger partial charge is 0.328 e. The van der Waals surface area contributed by atoms with Crippen LogP contribution >= 0.6 is 0 Å². The summed E-state index contributed by atoms with van der Waals surface area (Å²) in [4.78, 5) is 24.8. The van der Waals surface area contributed by atoms with Crippen molar-refractivity contribution >= 4 is 11.9 Å². The topological polar surface area (TPSA) is 61.8 Å². The lowest BCUT2D eigenvalue weighted by molar-refractivity contribution is -0.164. The molecule has 0 amide bonds. The molecule has 5 nitrogen and oxygen atoms in total. The van der Waals surface area contributed by atoms with Crippen molar-refractivity contribution in [3.63, 3.8) is 0 Å². The van der Waals surface area contributed by atoms with E-state index in [1.54, 1.807) is 24.3 Å². The van der Waals surface area contributed by atoms with Gasteiger partial charge < -0.3 is 14.2 Å². The SMILES string of the molecule is CCCCCCCOC(=O)C(C)(C)C(=O)Oc1ccccc1OC(C)C. The largest absolute Gasteiger partial charge is 0.487 e. The molecule has 26 heavy (non-hydrogen) atoms. The second-order valence-electron chi connectivity index (χ2n) is 7.18. The van der Waals surface area contributed by atoms with E-state index >= 15 is 0 Å². The van der Waals surface area contributed by atoms with Gasteiger partial charge in [-0.2, -0.15) is 0 Å². The third kappa shape index (κ3) is 7.06. The first-order chi connectivity index (χ1) is 12.3. The fourth-order valence-electron chi connectivity index (χ4n) is 2.25. The van der Waals surface area contributed by atoms with Gasteiger partial charge in [-0.3, -0.25) is 9.59 Å². The van der Waals surface area contributed by atoms with E-state index in [4.69, 9.17) is 14.2 Å². The van der Waals surface area contributed by atoms with E-state index in [2.05, 4.69) is 6.92 Å². The zero-order chi connectivity index (χ0) is 19.6. The van der Waals surface area contributed by atoms with Crippen LogP contribution in [0.4, 0.5) is 0 Å². The number of ether oxygens (including phenoxy) is 3. The van der Waals surface area contributed by atoms with E-state index in [-0.39, 0.29) is 6.10 Å². The highest BCUT2D eigenvalue weighted by Crippen LogP contribution is 2.30. The summed E-state index contributed by atoms with van der Waals surface area (Å²) in [7, 11) is 0. The van der Waals surface area contributed by atoms with Gasteiger partial charge in [0.05, 0.1) is 12.7 Å². The number of hydrogen-bond donors (Lipinski definition) is 0. The number of esters is 2. The lowest BCUT2D eigenvalue weighted by atomic mass is 9.94. The number of rotatable bonds is 11. The van der Waals surface area contributed by atoms with Crippen LogP contribution in [0.5, 0.6) is 11.5 Å². The van der Waals surface area contributed by atoms with Crippen molar-refractivity contribution in [2.45, 2.75) is 72.8 Å². The highest BCUT2D eigenvalue weighted by Gasteiger charge is 2.40. The van der Waals surface area contributed by atoms with Crippen molar-refractivity contribution in [3.05, 3.63) is 24.3 Å². The molecule has 0 radical (unpaired) electrons. The number of carbonyl (C=O) groups is 2. The van der Waals surface area contributed by atoms with Crippen LogP contribution in [0.3, 0.4) is 0 Å². The number of benzene rings is 1. The molecule has 0 aromatic heterocycles. The van der Waals surface area contributed by atoms with Crippen LogP contribution in [0.2, 0.25) is 0 Å². The minimum absolute atomic E-state index is 0.0551. The van der Waals surface area contributed by atoms with Crippen molar-refractivity contribution < 1.29 is 23.8 Å². The molecule has 0 aliphatic heterocycles. The van der Waals surface area contributed by atoms with Crippen LogP contribution in [0.15, 0.2) is 24.3 Å². The van der Waals surface area contributed by atoms with E-state index in [0.717, 1.165) is 19.3 Å². The maximum Gasteiger partial charge on any atom is 0.328 e. The summed E-state index contributed by atoms with van der Waals surface area (Å²) >= 11 is 0. The van der Waals surface area contributed by atoms with Gasteiger partial charge in [0, 0.05) is 0 Å². The monoisotopic (exact) mass is 364 g/mol. The molecule has 0 heterocycles. The number of hydrogen-bond acceptors (Lipinski definition) is 5. The molecule has 146 valence electrons. The fraction of sp³-hybridized carbons (Fsp3) is 0.619. The summed E-state index contributed by atoms with van der Waals surface area (Å²) in [6.07, 6.45) is 5.25. The van der Waals surface area contributed by atoms with Gasteiger partial charge in [-0.1, -0.05) is 44.7 Å². The molecule has 0 N–H and O–H groups in total. The fourth-order valence-corrected chi connectivity index (χ4v) is 2.25. The van der Waals surface area contributed by atoms with Gasteiger partial charge >= 0.3 is 11.9 Å². The average Bonchev–Trinajstić information content (AvgIpc) is 2.58. The molecule has 0 aliphatic rings. The Morgan fingerprint density at radius 2 is 1.58 bits per heavy atom. The highest BCUT2D eigenvalue weighted by atomic mass is 16.6. The molecule has 1 aromatic rings. The molecule has 5 heteroatoms. The summed E-state index contributed by atoms with van der Waals surface area (Å²) in [5, 5.41) is 0. The summed E-state index contributed by atoms with van der Waals surface area (Å²) < 4.78 is 16.3. The molecule has 0 saturated heterocycles. The molecule has 1 aromatic carbocycles. The second-order valence-corrected chi connectivity index (χ2v) is 7.18. The van der Waals surface area contributed by atoms with Crippen LogP contribution in [0.1, 0.15) is 66.7 Å². The zero-order valence-electron chi connectivity index (χ0n) is 16.7. The second kappa shape index (κ2) is 10.8. The predicted octanol–water partition coefficient (Wildman–Crippen LogP) is 4.92. The van der Waals surface area contributed by atoms with Gasteiger partial charge in [0.1, 0.15) is 0 Å². The van der Waals surface area contributed by atoms with Gasteiger partial charge in [-0.15, -0.1) is 0 Å². The Bertz CT molecular complexity index is 578. The predicted molar refractivity (Wildman–Crippen MR) is 101 cm³/mol. The van der Waals surface area contributed by atoms with Crippen molar-refractivity contribution in [1.29, 1.82) is 0 Å². The Kier molecular flexibility index (Phi) is 9.17. The minimum Gasteiger partial charge on any atom is -0.487 e. The number of unbranched alkanes of at least 4 members (excludes halogenated alkanes) is 4. The van der Waals surface area contributed by atoms with E-state index < -0.39 is 17.4 Å². The summed E-state index contributed by atoms with van der Waals surface area (Å²) in [6.45, 7) is 9.28. The van der Waals surface area contributed by atoms with Crippen LogP contribution in [0.25, 0.3) is 0 Å². The van der Waals surface area contributed by atoms with Crippen LogP contribution < -0.4 is 9.47 Å². The van der Waals surface area contributed by atoms with Crippen LogP contribution in [0, 0.1) is 5.41 Å². The van der Waals surface area contributed by atoms with Crippen molar-refractivity contribution in [2.24, 2.45) is 5.41 Å². The first kappa shape index (κ1) is 22.0. The van der Waals surface area contributed by atoms with Crippen molar-refractivity contribution in [1.82, 2.24) is 0 Å². The van der Waals surface area contributed by atoms with Gasteiger partial charge in [0.15, 0.2) is 16.9 Å². The Balaban J connectivity index is 2.60. The third-order valence-electron chi connectivity index (χ3n) is 3.92. The van der Waals surface area contributed by atoms with Gasteiger partial charge in [0.25, 0.3) is 0 Å². The molecule has 1 rings (SSSR count). The summed E-state index contributed by atoms with van der Waals surface area (Å²) in [5.41, 5.74) is -1.38. The first-order valence-electron chi connectivity index (χ1n) is 9.44. The minimum atomic E-state index is -1.38. The zero-order valence-corrected chi connectivity index (χ0v) is 16.7. The standard InChI is InChI=1S/C21H32O5/c1-6-7-8-9-12-15-24-19(22)21(4,5)20(23)26-18-14-11-10-13-17(18)25-16(2)3/h10-11,13-14,16H,6-9,12,15H2,1-5H3. The van der Waals surface area contributed by atoms with E-state index in [1.807, 2.05) is 13.8 Å².